The molecule has 114 valence electrons. The maximum atomic E-state index is 12.2. The van der Waals surface area contributed by atoms with Crippen molar-refractivity contribution in [1.29, 1.82) is 0 Å². The van der Waals surface area contributed by atoms with Gasteiger partial charge in [0, 0.05) is 13.1 Å². The monoisotopic (exact) mass is 289 g/mol. The molecule has 1 aliphatic heterocycles. The summed E-state index contributed by atoms with van der Waals surface area (Å²) in [6.07, 6.45) is 5.97. The van der Waals surface area contributed by atoms with E-state index in [1.54, 1.807) is 0 Å². The molecule has 1 aromatic carbocycles. The van der Waals surface area contributed by atoms with Crippen molar-refractivity contribution >= 4 is 5.91 Å². The SMILES string of the molecule is O=C(COc1ccc2c(c1)CC[C@@H]2O)N1CCCCCC1. The first-order chi connectivity index (χ1) is 10.2. The molecule has 1 N–H and O–H groups in total. The van der Waals surface area contributed by atoms with Crippen LogP contribution in [0.25, 0.3) is 0 Å². The van der Waals surface area contributed by atoms with Crippen LogP contribution in [0.5, 0.6) is 5.75 Å². The Morgan fingerprint density at radius 3 is 2.76 bits per heavy atom. The Morgan fingerprint density at radius 1 is 1.24 bits per heavy atom. The van der Waals surface area contributed by atoms with E-state index in [1.807, 2.05) is 23.1 Å². The molecular weight excluding hydrogens is 266 g/mol. The van der Waals surface area contributed by atoms with Crippen LogP contribution in [-0.2, 0) is 11.2 Å². The Morgan fingerprint density at radius 2 is 2.00 bits per heavy atom. The Kier molecular flexibility index (Phi) is 4.44. The summed E-state index contributed by atoms with van der Waals surface area (Å²) in [6, 6.07) is 5.73. The molecule has 0 unspecified atom stereocenters. The second-order valence-corrected chi connectivity index (χ2v) is 6.00. The highest BCUT2D eigenvalue weighted by Crippen LogP contribution is 2.33. The average Bonchev–Trinajstić information content (AvgIpc) is 2.71. The quantitative estimate of drug-likeness (QED) is 0.930. The van der Waals surface area contributed by atoms with E-state index in [-0.39, 0.29) is 18.6 Å². The minimum atomic E-state index is -0.340. The van der Waals surface area contributed by atoms with Gasteiger partial charge in [-0.2, -0.15) is 0 Å². The van der Waals surface area contributed by atoms with Gasteiger partial charge in [0.05, 0.1) is 6.10 Å². The van der Waals surface area contributed by atoms with E-state index in [2.05, 4.69) is 0 Å². The molecule has 0 radical (unpaired) electrons. The van der Waals surface area contributed by atoms with Gasteiger partial charge in [0.2, 0.25) is 0 Å². The molecule has 1 fully saturated rings. The van der Waals surface area contributed by atoms with Crippen LogP contribution in [0.4, 0.5) is 0 Å². The molecule has 1 heterocycles. The number of nitrogens with zero attached hydrogens (tertiary/aromatic N) is 1. The molecule has 0 spiro atoms. The number of aliphatic hydroxyl groups excluding tert-OH is 1. The summed E-state index contributed by atoms with van der Waals surface area (Å²) in [4.78, 5) is 14.1. The predicted octanol–water partition coefficient (Wildman–Crippen LogP) is 2.45. The first kappa shape index (κ1) is 14.4. The molecule has 21 heavy (non-hydrogen) atoms. The van der Waals surface area contributed by atoms with Crippen molar-refractivity contribution in [3.05, 3.63) is 29.3 Å². The second kappa shape index (κ2) is 6.48. The van der Waals surface area contributed by atoms with Gasteiger partial charge in [-0.1, -0.05) is 18.9 Å². The molecule has 1 aromatic rings. The molecule has 1 aliphatic carbocycles. The zero-order valence-electron chi connectivity index (χ0n) is 12.4. The number of aliphatic hydroxyl groups is 1. The number of benzene rings is 1. The highest BCUT2D eigenvalue weighted by Gasteiger charge is 2.21. The van der Waals surface area contributed by atoms with Gasteiger partial charge in [0.25, 0.3) is 5.91 Å². The van der Waals surface area contributed by atoms with Crippen molar-refractivity contribution in [2.45, 2.75) is 44.6 Å². The van der Waals surface area contributed by atoms with Crippen LogP contribution >= 0.6 is 0 Å². The van der Waals surface area contributed by atoms with E-state index >= 15 is 0 Å². The van der Waals surface area contributed by atoms with Crippen molar-refractivity contribution in [3.63, 3.8) is 0 Å². The number of carbonyl (C=O) groups excluding carboxylic acids is 1. The van der Waals surface area contributed by atoms with Crippen molar-refractivity contribution < 1.29 is 14.6 Å². The molecule has 1 amide bonds. The lowest BCUT2D eigenvalue weighted by atomic mass is 10.1. The lowest BCUT2D eigenvalue weighted by molar-refractivity contribution is -0.133. The highest BCUT2D eigenvalue weighted by molar-refractivity contribution is 5.77. The fourth-order valence-electron chi connectivity index (χ4n) is 3.22. The summed E-state index contributed by atoms with van der Waals surface area (Å²) in [6.45, 7) is 1.83. The van der Waals surface area contributed by atoms with Crippen molar-refractivity contribution in [3.8, 4) is 5.75 Å². The van der Waals surface area contributed by atoms with Gasteiger partial charge < -0.3 is 14.7 Å². The molecule has 2 aliphatic rings. The zero-order valence-corrected chi connectivity index (χ0v) is 12.4. The predicted molar refractivity (Wildman–Crippen MR) is 80.3 cm³/mol. The van der Waals surface area contributed by atoms with Crippen LogP contribution in [0.3, 0.4) is 0 Å². The van der Waals surface area contributed by atoms with E-state index in [0.29, 0.717) is 0 Å². The zero-order chi connectivity index (χ0) is 14.7. The molecule has 4 nitrogen and oxygen atoms in total. The van der Waals surface area contributed by atoms with E-state index in [0.717, 1.165) is 55.6 Å². The first-order valence-corrected chi connectivity index (χ1v) is 7.95. The normalized spacial score (nSPS) is 21.8. The topological polar surface area (TPSA) is 49.8 Å². The molecule has 3 rings (SSSR count). The van der Waals surface area contributed by atoms with Gasteiger partial charge in [-0.25, -0.2) is 0 Å². The van der Waals surface area contributed by atoms with Gasteiger partial charge in [-0.05, 0) is 48.9 Å². The van der Waals surface area contributed by atoms with Gasteiger partial charge in [0.15, 0.2) is 6.61 Å². The van der Waals surface area contributed by atoms with E-state index in [4.69, 9.17) is 4.74 Å². The number of amides is 1. The van der Waals surface area contributed by atoms with E-state index < -0.39 is 0 Å². The van der Waals surface area contributed by atoms with Crippen LogP contribution in [0.1, 0.15) is 49.3 Å². The molecule has 4 heteroatoms. The largest absolute Gasteiger partial charge is 0.484 e. The minimum absolute atomic E-state index is 0.0810. The van der Waals surface area contributed by atoms with Crippen LogP contribution in [-0.4, -0.2) is 35.6 Å². The Balaban J connectivity index is 1.56. The summed E-state index contributed by atoms with van der Waals surface area (Å²) in [5.41, 5.74) is 2.14. The van der Waals surface area contributed by atoms with Crippen LogP contribution in [0.2, 0.25) is 0 Å². The second-order valence-electron chi connectivity index (χ2n) is 6.00. The third kappa shape index (κ3) is 3.38. The number of ether oxygens (including phenoxy) is 1. The maximum absolute atomic E-state index is 12.2. The average molecular weight is 289 g/mol. The lowest BCUT2D eigenvalue weighted by Gasteiger charge is -2.20. The smallest absolute Gasteiger partial charge is 0.260 e. The Bertz CT molecular complexity index is 507. The molecule has 1 atom stereocenters. The molecule has 0 saturated carbocycles. The number of hydrogen-bond acceptors (Lipinski definition) is 3. The van der Waals surface area contributed by atoms with Crippen LogP contribution < -0.4 is 4.74 Å². The van der Waals surface area contributed by atoms with Crippen LogP contribution in [0.15, 0.2) is 18.2 Å². The fourth-order valence-corrected chi connectivity index (χ4v) is 3.22. The van der Waals surface area contributed by atoms with Gasteiger partial charge in [-0.15, -0.1) is 0 Å². The van der Waals surface area contributed by atoms with E-state index in [1.165, 1.54) is 12.8 Å². The van der Waals surface area contributed by atoms with Crippen molar-refractivity contribution in [2.75, 3.05) is 19.7 Å². The summed E-state index contributed by atoms with van der Waals surface area (Å²) in [5.74, 6) is 0.809. The Hall–Kier alpha value is -1.55. The number of aryl methyl sites for hydroxylation is 1. The minimum Gasteiger partial charge on any atom is -0.484 e. The summed E-state index contributed by atoms with van der Waals surface area (Å²) < 4.78 is 5.65. The van der Waals surface area contributed by atoms with Crippen LogP contribution in [0, 0.1) is 0 Å². The number of carbonyl (C=O) groups is 1. The molecular formula is C17H23NO3. The summed E-state index contributed by atoms with van der Waals surface area (Å²) >= 11 is 0. The highest BCUT2D eigenvalue weighted by atomic mass is 16.5. The molecule has 0 bridgehead atoms. The molecule has 1 saturated heterocycles. The van der Waals surface area contributed by atoms with Crippen molar-refractivity contribution in [2.24, 2.45) is 0 Å². The van der Waals surface area contributed by atoms with Gasteiger partial charge in [0.1, 0.15) is 5.75 Å². The number of fused-ring (bicyclic) bond motifs is 1. The maximum Gasteiger partial charge on any atom is 0.260 e. The Labute approximate surface area is 125 Å². The summed E-state index contributed by atoms with van der Waals surface area (Å²) in [5, 5.41) is 9.79. The number of hydrogen-bond donors (Lipinski definition) is 1. The number of rotatable bonds is 3. The summed E-state index contributed by atoms with van der Waals surface area (Å²) in [7, 11) is 0. The van der Waals surface area contributed by atoms with Gasteiger partial charge >= 0.3 is 0 Å². The fraction of sp³-hybridized carbons (Fsp3) is 0.588. The van der Waals surface area contributed by atoms with Crippen molar-refractivity contribution in [1.82, 2.24) is 4.90 Å². The molecule has 0 aromatic heterocycles. The van der Waals surface area contributed by atoms with Gasteiger partial charge in [-0.3, -0.25) is 4.79 Å². The van der Waals surface area contributed by atoms with E-state index in [9.17, 15) is 9.90 Å². The third-order valence-corrected chi connectivity index (χ3v) is 4.48. The number of likely N-dealkylation sites (tertiary alicyclic amines) is 1. The first-order valence-electron chi connectivity index (χ1n) is 7.95. The lowest BCUT2D eigenvalue weighted by Crippen LogP contribution is -2.35. The third-order valence-electron chi connectivity index (χ3n) is 4.48. The standard InChI is InChI=1S/C17H23NO3/c19-16-8-5-13-11-14(6-7-15(13)16)21-12-17(20)18-9-3-1-2-4-10-18/h6-7,11,16,19H,1-5,8-10,12H2/t16-/m0/s1.